The fourth-order valence-electron chi connectivity index (χ4n) is 2.85. The molecule has 102 valence electrons. The second-order valence-corrected chi connectivity index (χ2v) is 5.33. The molecule has 2 heterocycles. The molecule has 1 aliphatic heterocycles. The molecule has 1 aromatic carbocycles. The number of fused-ring (bicyclic) bond motifs is 1. The maximum atomic E-state index is 5.79. The minimum Gasteiger partial charge on any atom is -0.494 e. The van der Waals surface area contributed by atoms with Crippen molar-refractivity contribution in [2.75, 3.05) is 13.7 Å². The number of hydrogen-bond acceptors (Lipinski definition) is 3. The molecule has 1 fully saturated rings. The number of hydrogen-bond donors (Lipinski definition) is 1. The molecule has 0 saturated carbocycles. The SMILES string of the molecule is COc1cccc2c1[nH]c(=S)n2C(C)C1CCCO1. The van der Waals surface area contributed by atoms with Gasteiger partial charge in [0.15, 0.2) is 4.77 Å². The number of nitrogens with zero attached hydrogens (tertiary/aromatic N) is 1. The van der Waals surface area contributed by atoms with E-state index in [1.165, 1.54) is 0 Å². The molecule has 3 rings (SSSR count). The lowest BCUT2D eigenvalue weighted by molar-refractivity contribution is 0.0741. The van der Waals surface area contributed by atoms with Crippen LogP contribution in [0.3, 0.4) is 0 Å². The number of benzene rings is 1. The zero-order valence-electron chi connectivity index (χ0n) is 11.2. The summed E-state index contributed by atoms with van der Waals surface area (Å²) in [5, 5.41) is 0. The van der Waals surface area contributed by atoms with Gasteiger partial charge < -0.3 is 19.0 Å². The Morgan fingerprint density at radius 3 is 3.05 bits per heavy atom. The summed E-state index contributed by atoms with van der Waals surface area (Å²) in [4.78, 5) is 3.25. The standard InChI is InChI=1S/C14H18N2O2S/c1-9(11-7-4-8-18-11)16-10-5-3-6-12(17-2)13(10)15-14(16)19/h3,5-6,9,11H,4,7-8H2,1-2H3,(H,15,19). The molecule has 5 heteroatoms. The van der Waals surface area contributed by atoms with Crippen molar-refractivity contribution in [3.05, 3.63) is 23.0 Å². The number of ether oxygens (including phenoxy) is 2. The Bertz CT molecular complexity index is 640. The maximum absolute atomic E-state index is 5.79. The summed E-state index contributed by atoms with van der Waals surface area (Å²) in [6, 6.07) is 6.23. The van der Waals surface area contributed by atoms with Crippen molar-refractivity contribution in [2.24, 2.45) is 0 Å². The maximum Gasteiger partial charge on any atom is 0.178 e. The third-order valence-corrected chi connectivity index (χ3v) is 4.14. The topological polar surface area (TPSA) is 39.2 Å². The van der Waals surface area contributed by atoms with E-state index in [2.05, 4.69) is 22.5 Å². The van der Waals surface area contributed by atoms with Gasteiger partial charge in [-0.1, -0.05) is 6.07 Å². The van der Waals surface area contributed by atoms with E-state index in [9.17, 15) is 0 Å². The predicted molar refractivity (Wildman–Crippen MR) is 77.4 cm³/mol. The first-order valence-electron chi connectivity index (χ1n) is 6.61. The van der Waals surface area contributed by atoms with Gasteiger partial charge in [0, 0.05) is 6.61 Å². The molecule has 2 unspecified atom stereocenters. The zero-order valence-corrected chi connectivity index (χ0v) is 12.0. The number of nitrogens with one attached hydrogen (secondary N) is 1. The van der Waals surface area contributed by atoms with Crippen LogP contribution in [0.4, 0.5) is 0 Å². The van der Waals surface area contributed by atoms with Crippen LogP contribution in [0.1, 0.15) is 25.8 Å². The number of para-hydroxylation sites is 1. The monoisotopic (exact) mass is 278 g/mol. The van der Waals surface area contributed by atoms with E-state index in [0.717, 1.165) is 41.0 Å². The van der Waals surface area contributed by atoms with Crippen molar-refractivity contribution in [1.29, 1.82) is 0 Å². The highest BCUT2D eigenvalue weighted by atomic mass is 32.1. The van der Waals surface area contributed by atoms with Gasteiger partial charge in [-0.05, 0) is 44.1 Å². The summed E-state index contributed by atoms with van der Waals surface area (Å²) in [7, 11) is 1.67. The Kier molecular flexibility index (Phi) is 3.33. The Morgan fingerprint density at radius 1 is 1.53 bits per heavy atom. The molecule has 2 atom stereocenters. The molecule has 0 bridgehead atoms. The predicted octanol–water partition coefficient (Wildman–Crippen LogP) is 3.45. The molecule has 0 radical (unpaired) electrons. The molecule has 1 saturated heterocycles. The summed E-state index contributed by atoms with van der Waals surface area (Å²) < 4.78 is 14.0. The van der Waals surface area contributed by atoms with Crippen molar-refractivity contribution < 1.29 is 9.47 Å². The van der Waals surface area contributed by atoms with Gasteiger partial charge >= 0.3 is 0 Å². The summed E-state index contributed by atoms with van der Waals surface area (Å²) in [5.41, 5.74) is 2.03. The molecule has 1 aliphatic rings. The van der Waals surface area contributed by atoms with Crippen molar-refractivity contribution in [2.45, 2.75) is 31.9 Å². The summed E-state index contributed by atoms with van der Waals surface area (Å²) >= 11 is 5.47. The number of aromatic amines is 1. The molecule has 0 amide bonds. The van der Waals surface area contributed by atoms with E-state index >= 15 is 0 Å². The third-order valence-electron chi connectivity index (χ3n) is 3.84. The van der Waals surface area contributed by atoms with Gasteiger partial charge in [0.1, 0.15) is 11.3 Å². The van der Waals surface area contributed by atoms with Crippen LogP contribution in [0.2, 0.25) is 0 Å². The molecular formula is C14H18N2O2S. The summed E-state index contributed by atoms with van der Waals surface area (Å²) in [5.74, 6) is 0.821. The minimum atomic E-state index is 0.232. The Balaban J connectivity index is 2.12. The van der Waals surface area contributed by atoms with Crippen LogP contribution in [-0.4, -0.2) is 29.4 Å². The molecule has 2 aromatic rings. The van der Waals surface area contributed by atoms with Crippen LogP contribution in [0.15, 0.2) is 18.2 Å². The second kappa shape index (κ2) is 4.98. The van der Waals surface area contributed by atoms with Crippen LogP contribution in [0.5, 0.6) is 5.75 Å². The number of aromatic nitrogens is 2. The number of imidazole rings is 1. The van der Waals surface area contributed by atoms with E-state index in [4.69, 9.17) is 21.7 Å². The van der Waals surface area contributed by atoms with Crippen molar-refractivity contribution in [1.82, 2.24) is 9.55 Å². The molecule has 0 aliphatic carbocycles. The number of H-pyrrole nitrogens is 1. The van der Waals surface area contributed by atoms with Gasteiger partial charge in [-0.2, -0.15) is 0 Å². The van der Waals surface area contributed by atoms with Gasteiger partial charge in [0.25, 0.3) is 0 Å². The first-order chi connectivity index (χ1) is 9.22. The van der Waals surface area contributed by atoms with Gasteiger partial charge in [-0.3, -0.25) is 0 Å². The molecule has 0 spiro atoms. The second-order valence-electron chi connectivity index (χ2n) is 4.95. The van der Waals surface area contributed by atoms with Crippen LogP contribution in [0, 0.1) is 4.77 Å². The Morgan fingerprint density at radius 2 is 2.37 bits per heavy atom. The summed E-state index contributed by atoms with van der Waals surface area (Å²) in [6.07, 6.45) is 2.48. The first kappa shape index (κ1) is 12.7. The normalized spacial score (nSPS) is 20.8. The lowest BCUT2D eigenvalue weighted by atomic mass is 10.1. The average molecular weight is 278 g/mol. The number of methoxy groups -OCH3 is 1. The van der Waals surface area contributed by atoms with Crippen LogP contribution < -0.4 is 4.74 Å². The largest absolute Gasteiger partial charge is 0.494 e. The Labute approximate surface area is 117 Å². The van der Waals surface area contributed by atoms with E-state index < -0.39 is 0 Å². The fraction of sp³-hybridized carbons (Fsp3) is 0.500. The van der Waals surface area contributed by atoms with Crippen LogP contribution in [0.25, 0.3) is 11.0 Å². The molecule has 1 aromatic heterocycles. The number of rotatable bonds is 3. The third kappa shape index (κ3) is 2.07. The van der Waals surface area contributed by atoms with Crippen LogP contribution >= 0.6 is 12.2 Å². The fourth-order valence-corrected chi connectivity index (χ4v) is 3.21. The van der Waals surface area contributed by atoms with E-state index in [-0.39, 0.29) is 12.1 Å². The van der Waals surface area contributed by atoms with Gasteiger partial charge in [-0.25, -0.2) is 0 Å². The highest BCUT2D eigenvalue weighted by Crippen LogP contribution is 2.31. The van der Waals surface area contributed by atoms with E-state index in [1.807, 2.05) is 12.1 Å². The molecule has 4 nitrogen and oxygen atoms in total. The quantitative estimate of drug-likeness (QED) is 0.874. The molecule has 19 heavy (non-hydrogen) atoms. The Hall–Kier alpha value is -1.33. The van der Waals surface area contributed by atoms with Gasteiger partial charge in [0.05, 0.1) is 24.8 Å². The average Bonchev–Trinajstić information content (AvgIpc) is 3.04. The van der Waals surface area contributed by atoms with E-state index in [0.29, 0.717) is 0 Å². The lowest BCUT2D eigenvalue weighted by Gasteiger charge is -2.20. The highest BCUT2D eigenvalue weighted by Gasteiger charge is 2.25. The lowest BCUT2D eigenvalue weighted by Crippen LogP contribution is -2.20. The molecular weight excluding hydrogens is 260 g/mol. The highest BCUT2D eigenvalue weighted by molar-refractivity contribution is 7.71. The van der Waals surface area contributed by atoms with Crippen molar-refractivity contribution in [3.63, 3.8) is 0 Å². The molecule has 1 N–H and O–H groups in total. The first-order valence-corrected chi connectivity index (χ1v) is 7.02. The van der Waals surface area contributed by atoms with Crippen molar-refractivity contribution in [3.8, 4) is 5.75 Å². The van der Waals surface area contributed by atoms with E-state index in [1.54, 1.807) is 7.11 Å². The smallest absolute Gasteiger partial charge is 0.178 e. The van der Waals surface area contributed by atoms with Gasteiger partial charge in [0.2, 0.25) is 0 Å². The van der Waals surface area contributed by atoms with Crippen LogP contribution in [-0.2, 0) is 4.74 Å². The van der Waals surface area contributed by atoms with Crippen molar-refractivity contribution >= 4 is 23.3 Å². The minimum absolute atomic E-state index is 0.232. The van der Waals surface area contributed by atoms with Gasteiger partial charge in [-0.15, -0.1) is 0 Å². The summed E-state index contributed by atoms with van der Waals surface area (Å²) in [6.45, 7) is 3.02. The zero-order chi connectivity index (χ0) is 13.4.